The maximum atomic E-state index is 12.5. The monoisotopic (exact) mass is 389 g/mol. The van der Waals surface area contributed by atoms with Crippen LogP contribution in [-0.2, 0) is 0 Å². The lowest BCUT2D eigenvalue weighted by atomic mass is 10.2. The standard InChI is InChI=1S/C21H23N7O/c1-15-3-5-17(6-4-15)26-19-13-20(25-16(2)24-19)27-9-11-28(12-10-27)21(29)18-14-22-7-8-23-18/h3-8,13-14H,9-12H2,1-2H3,(H,24,25,26). The number of nitrogens with one attached hydrogen (secondary N) is 1. The summed E-state index contributed by atoms with van der Waals surface area (Å²) in [6.45, 7) is 6.57. The Kier molecular flexibility index (Phi) is 5.33. The molecule has 2 aromatic heterocycles. The molecule has 1 saturated heterocycles. The number of anilines is 3. The SMILES string of the molecule is Cc1ccc(Nc2cc(N3CCN(C(=O)c4cnccn4)CC3)nc(C)n2)cc1. The van der Waals surface area contributed by atoms with Gasteiger partial charge in [-0.2, -0.15) is 0 Å². The Bertz CT molecular complexity index is 984. The summed E-state index contributed by atoms with van der Waals surface area (Å²) < 4.78 is 0. The predicted molar refractivity (Wildman–Crippen MR) is 111 cm³/mol. The fraction of sp³-hybridized carbons (Fsp3) is 0.286. The molecule has 1 fully saturated rings. The Morgan fingerprint density at radius 1 is 1.00 bits per heavy atom. The number of benzene rings is 1. The highest BCUT2D eigenvalue weighted by Gasteiger charge is 2.24. The minimum atomic E-state index is -0.0849. The summed E-state index contributed by atoms with van der Waals surface area (Å²) >= 11 is 0. The van der Waals surface area contributed by atoms with E-state index < -0.39 is 0 Å². The second kappa shape index (κ2) is 8.22. The lowest BCUT2D eigenvalue weighted by Crippen LogP contribution is -2.49. The molecule has 0 spiro atoms. The zero-order valence-electron chi connectivity index (χ0n) is 16.5. The number of aryl methyl sites for hydroxylation is 2. The molecule has 8 nitrogen and oxygen atoms in total. The summed E-state index contributed by atoms with van der Waals surface area (Å²) in [6, 6.07) is 10.1. The third-order valence-corrected chi connectivity index (χ3v) is 4.82. The van der Waals surface area contributed by atoms with Gasteiger partial charge in [0.25, 0.3) is 5.91 Å². The van der Waals surface area contributed by atoms with E-state index in [1.165, 1.54) is 18.0 Å². The average Bonchev–Trinajstić information content (AvgIpc) is 2.75. The number of hydrogen-bond acceptors (Lipinski definition) is 7. The van der Waals surface area contributed by atoms with E-state index in [0.29, 0.717) is 37.7 Å². The number of carbonyl (C=O) groups excluding carboxylic acids is 1. The summed E-state index contributed by atoms with van der Waals surface area (Å²) in [5.41, 5.74) is 2.58. The van der Waals surface area contributed by atoms with Crippen molar-refractivity contribution in [3.05, 3.63) is 66.0 Å². The van der Waals surface area contributed by atoms with Crippen LogP contribution < -0.4 is 10.2 Å². The maximum Gasteiger partial charge on any atom is 0.274 e. The zero-order chi connectivity index (χ0) is 20.2. The first-order chi connectivity index (χ1) is 14.1. The normalized spacial score (nSPS) is 14.0. The molecule has 0 aliphatic carbocycles. The highest BCUT2D eigenvalue weighted by Crippen LogP contribution is 2.21. The van der Waals surface area contributed by atoms with Crippen LogP contribution in [0.4, 0.5) is 17.3 Å². The van der Waals surface area contributed by atoms with Gasteiger partial charge in [0, 0.05) is 50.3 Å². The highest BCUT2D eigenvalue weighted by atomic mass is 16.2. The summed E-state index contributed by atoms with van der Waals surface area (Å²) in [7, 11) is 0. The van der Waals surface area contributed by atoms with E-state index >= 15 is 0 Å². The van der Waals surface area contributed by atoms with Gasteiger partial charge < -0.3 is 15.1 Å². The number of piperazine rings is 1. The fourth-order valence-corrected chi connectivity index (χ4v) is 3.27. The van der Waals surface area contributed by atoms with Crippen molar-refractivity contribution in [2.24, 2.45) is 0 Å². The Morgan fingerprint density at radius 2 is 1.76 bits per heavy atom. The number of amides is 1. The Morgan fingerprint density at radius 3 is 2.45 bits per heavy atom. The first-order valence-corrected chi connectivity index (χ1v) is 9.58. The number of aromatic nitrogens is 4. The molecule has 1 N–H and O–H groups in total. The van der Waals surface area contributed by atoms with Crippen LogP contribution in [0.3, 0.4) is 0 Å². The Labute approximate surface area is 169 Å². The minimum absolute atomic E-state index is 0.0849. The van der Waals surface area contributed by atoms with Crippen LogP contribution in [0.15, 0.2) is 48.9 Å². The van der Waals surface area contributed by atoms with Crippen molar-refractivity contribution < 1.29 is 4.79 Å². The van der Waals surface area contributed by atoms with Crippen LogP contribution >= 0.6 is 0 Å². The molecule has 3 aromatic rings. The van der Waals surface area contributed by atoms with Gasteiger partial charge >= 0.3 is 0 Å². The van der Waals surface area contributed by atoms with Crippen molar-refractivity contribution in [2.75, 3.05) is 36.4 Å². The second-order valence-corrected chi connectivity index (χ2v) is 7.02. The molecule has 0 saturated carbocycles. The molecular formula is C21H23N7O. The quantitative estimate of drug-likeness (QED) is 0.734. The van der Waals surface area contributed by atoms with Crippen molar-refractivity contribution >= 4 is 23.2 Å². The second-order valence-electron chi connectivity index (χ2n) is 7.02. The Balaban J connectivity index is 1.43. The largest absolute Gasteiger partial charge is 0.353 e. The third kappa shape index (κ3) is 4.48. The average molecular weight is 389 g/mol. The number of carbonyl (C=O) groups is 1. The molecule has 148 valence electrons. The number of rotatable bonds is 4. The molecule has 0 bridgehead atoms. The predicted octanol–water partition coefficient (Wildman–Crippen LogP) is 2.59. The van der Waals surface area contributed by atoms with Gasteiger partial charge in [-0.05, 0) is 26.0 Å². The van der Waals surface area contributed by atoms with E-state index in [2.05, 4.69) is 49.2 Å². The molecule has 8 heteroatoms. The van der Waals surface area contributed by atoms with E-state index in [4.69, 9.17) is 0 Å². The van der Waals surface area contributed by atoms with Gasteiger partial charge in [0.15, 0.2) is 0 Å². The van der Waals surface area contributed by atoms with E-state index in [1.54, 1.807) is 11.1 Å². The van der Waals surface area contributed by atoms with Crippen molar-refractivity contribution in [1.29, 1.82) is 0 Å². The van der Waals surface area contributed by atoms with Crippen LogP contribution in [0.2, 0.25) is 0 Å². The molecular weight excluding hydrogens is 366 g/mol. The van der Waals surface area contributed by atoms with Crippen LogP contribution in [-0.4, -0.2) is 56.9 Å². The van der Waals surface area contributed by atoms with Crippen LogP contribution in [0.25, 0.3) is 0 Å². The molecule has 1 aliphatic heterocycles. The van der Waals surface area contributed by atoms with Crippen LogP contribution in [0, 0.1) is 13.8 Å². The van der Waals surface area contributed by atoms with Crippen molar-refractivity contribution in [2.45, 2.75) is 13.8 Å². The molecule has 3 heterocycles. The van der Waals surface area contributed by atoms with E-state index in [0.717, 1.165) is 17.3 Å². The molecule has 1 aliphatic rings. The van der Waals surface area contributed by atoms with Crippen LogP contribution in [0.5, 0.6) is 0 Å². The van der Waals surface area contributed by atoms with Gasteiger partial charge in [-0.1, -0.05) is 17.7 Å². The summed E-state index contributed by atoms with van der Waals surface area (Å²) in [6.07, 6.45) is 4.61. The van der Waals surface area contributed by atoms with Crippen molar-refractivity contribution in [3.63, 3.8) is 0 Å². The third-order valence-electron chi connectivity index (χ3n) is 4.82. The fourth-order valence-electron chi connectivity index (χ4n) is 3.27. The topological polar surface area (TPSA) is 87.1 Å². The molecule has 0 radical (unpaired) electrons. The molecule has 0 unspecified atom stereocenters. The molecule has 0 atom stereocenters. The summed E-state index contributed by atoms with van der Waals surface area (Å²) in [5, 5.41) is 3.34. The number of nitrogens with zero attached hydrogens (tertiary/aromatic N) is 6. The van der Waals surface area contributed by atoms with Gasteiger partial charge in [-0.25, -0.2) is 15.0 Å². The van der Waals surface area contributed by atoms with E-state index in [9.17, 15) is 4.79 Å². The van der Waals surface area contributed by atoms with Crippen LogP contribution in [0.1, 0.15) is 21.9 Å². The summed E-state index contributed by atoms with van der Waals surface area (Å²) in [4.78, 5) is 33.7. The molecule has 1 aromatic carbocycles. The van der Waals surface area contributed by atoms with Gasteiger partial charge in [-0.15, -0.1) is 0 Å². The van der Waals surface area contributed by atoms with Gasteiger partial charge in [0.1, 0.15) is 23.2 Å². The molecule has 1 amide bonds. The lowest BCUT2D eigenvalue weighted by Gasteiger charge is -2.35. The van der Waals surface area contributed by atoms with Gasteiger partial charge in [0.2, 0.25) is 0 Å². The van der Waals surface area contributed by atoms with E-state index in [-0.39, 0.29) is 5.91 Å². The molecule has 4 rings (SSSR count). The minimum Gasteiger partial charge on any atom is -0.353 e. The number of hydrogen-bond donors (Lipinski definition) is 1. The zero-order valence-corrected chi connectivity index (χ0v) is 16.5. The van der Waals surface area contributed by atoms with Gasteiger partial charge in [0.05, 0.1) is 6.20 Å². The maximum absolute atomic E-state index is 12.5. The van der Waals surface area contributed by atoms with Gasteiger partial charge in [-0.3, -0.25) is 9.78 Å². The lowest BCUT2D eigenvalue weighted by molar-refractivity contribution is 0.0740. The Hall–Kier alpha value is -3.55. The van der Waals surface area contributed by atoms with E-state index in [1.807, 2.05) is 25.1 Å². The first kappa shape index (κ1) is 18.8. The highest BCUT2D eigenvalue weighted by molar-refractivity contribution is 5.92. The smallest absolute Gasteiger partial charge is 0.274 e. The molecule has 29 heavy (non-hydrogen) atoms. The summed E-state index contributed by atoms with van der Waals surface area (Å²) in [5.74, 6) is 2.24. The van der Waals surface area contributed by atoms with Crippen molar-refractivity contribution in [1.82, 2.24) is 24.8 Å². The first-order valence-electron chi connectivity index (χ1n) is 9.58. The van der Waals surface area contributed by atoms with Crippen molar-refractivity contribution in [3.8, 4) is 0 Å².